The Morgan fingerprint density at radius 1 is 1.21 bits per heavy atom. The Balaban J connectivity index is 1.51. The van der Waals surface area contributed by atoms with Crippen LogP contribution >= 0.6 is 11.3 Å². The Hall–Kier alpha value is -2.54. The molecule has 2 heterocycles. The molecule has 4 rings (SSSR count). The van der Waals surface area contributed by atoms with E-state index in [0.717, 1.165) is 49.8 Å². The molecule has 6 nitrogen and oxygen atoms in total. The second kappa shape index (κ2) is 11.3. The van der Waals surface area contributed by atoms with Gasteiger partial charge in [0.05, 0.1) is 13.2 Å². The largest absolute Gasteiger partial charge is 0.497 e. The van der Waals surface area contributed by atoms with Crippen LogP contribution in [0.1, 0.15) is 62.4 Å². The standard InChI is InChI=1S/C27H36N2O4S/c1-4-19(2)29(27(31)20-8-5-6-9-20)17-26(30)28-14-12-25-23(13-15-34-25)24(28)18-33-22-11-7-10-21(16-22)32-3/h7,10-11,13,15-16,19-20,24H,4-6,8-9,12,14,17-18H2,1-3H3/t19-,24+/m1/s1. The lowest BCUT2D eigenvalue weighted by molar-refractivity contribution is -0.146. The van der Waals surface area contributed by atoms with Crippen molar-refractivity contribution in [3.63, 3.8) is 0 Å². The Morgan fingerprint density at radius 3 is 2.71 bits per heavy atom. The number of carbonyl (C=O) groups is 2. The third kappa shape index (κ3) is 5.40. The third-order valence-electron chi connectivity index (χ3n) is 7.28. The number of hydrogen-bond donors (Lipinski definition) is 0. The topological polar surface area (TPSA) is 59.1 Å². The summed E-state index contributed by atoms with van der Waals surface area (Å²) in [7, 11) is 1.63. The van der Waals surface area contributed by atoms with Gasteiger partial charge in [-0.2, -0.15) is 0 Å². The van der Waals surface area contributed by atoms with Gasteiger partial charge >= 0.3 is 0 Å². The van der Waals surface area contributed by atoms with E-state index in [1.165, 1.54) is 4.88 Å². The molecule has 2 amide bonds. The van der Waals surface area contributed by atoms with Crippen LogP contribution < -0.4 is 9.47 Å². The maximum absolute atomic E-state index is 13.7. The molecular formula is C27H36N2O4S. The maximum Gasteiger partial charge on any atom is 0.242 e. The highest BCUT2D eigenvalue weighted by atomic mass is 32.1. The number of rotatable bonds is 9. The minimum atomic E-state index is -0.172. The first-order valence-corrected chi connectivity index (χ1v) is 13.3. The van der Waals surface area contributed by atoms with Gasteiger partial charge in [-0.1, -0.05) is 25.8 Å². The molecule has 7 heteroatoms. The van der Waals surface area contributed by atoms with E-state index in [4.69, 9.17) is 9.47 Å². The summed E-state index contributed by atoms with van der Waals surface area (Å²) in [5.74, 6) is 1.67. The fourth-order valence-corrected chi connectivity index (χ4v) is 5.98. The van der Waals surface area contributed by atoms with Gasteiger partial charge in [-0.15, -0.1) is 11.3 Å². The molecule has 1 aliphatic heterocycles. The number of benzene rings is 1. The number of amides is 2. The molecule has 2 aliphatic rings. The summed E-state index contributed by atoms with van der Waals surface area (Å²) in [5, 5.41) is 2.09. The molecule has 1 aromatic heterocycles. The highest BCUT2D eigenvalue weighted by molar-refractivity contribution is 7.10. The zero-order chi connectivity index (χ0) is 24.1. The summed E-state index contributed by atoms with van der Waals surface area (Å²) in [6.45, 7) is 5.27. The molecule has 2 aromatic rings. The number of nitrogens with zero attached hydrogens (tertiary/aromatic N) is 2. The minimum Gasteiger partial charge on any atom is -0.497 e. The lowest BCUT2D eigenvalue weighted by Crippen LogP contribution is -2.51. The lowest BCUT2D eigenvalue weighted by Gasteiger charge is -2.38. The molecule has 0 saturated heterocycles. The molecule has 184 valence electrons. The molecule has 1 saturated carbocycles. The van der Waals surface area contributed by atoms with Crippen LogP contribution in [0.5, 0.6) is 11.5 Å². The summed E-state index contributed by atoms with van der Waals surface area (Å²) in [4.78, 5) is 32.0. The molecule has 34 heavy (non-hydrogen) atoms. The zero-order valence-electron chi connectivity index (χ0n) is 20.5. The molecule has 1 fully saturated rings. The Morgan fingerprint density at radius 2 is 1.97 bits per heavy atom. The van der Waals surface area contributed by atoms with Crippen LogP contribution in [0, 0.1) is 5.92 Å². The molecule has 1 aromatic carbocycles. The molecular weight excluding hydrogens is 448 g/mol. The number of ether oxygens (including phenoxy) is 2. The quantitative estimate of drug-likeness (QED) is 0.498. The van der Waals surface area contributed by atoms with Gasteiger partial charge in [-0.3, -0.25) is 9.59 Å². The number of thiophene rings is 1. The first kappa shape index (κ1) is 24.6. The molecule has 2 atom stereocenters. The molecule has 0 bridgehead atoms. The predicted octanol–water partition coefficient (Wildman–Crippen LogP) is 5.08. The van der Waals surface area contributed by atoms with Crippen LogP contribution in [-0.2, 0) is 16.0 Å². The van der Waals surface area contributed by atoms with Crippen LogP contribution in [0.15, 0.2) is 35.7 Å². The summed E-state index contributed by atoms with van der Waals surface area (Å²) in [5.41, 5.74) is 1.16. The SMILES string of the molecule is CC[C@@H](C)N(CC(=O)N1CCc2sccc2[C@@H]1COc1cccc(OC)c1)C(=O)C1CCCC1. The lowest BCUT2D eigenvalue weighted by atomic mass is 10.00. The van der Waals surface area contributed by atoms with Crippen molar-refractivity contribution in [3.8, 4) is 11.5 Å². The first-order valence-electron chi connectivity index (χ1n) is 12.4. The van der Waals surface area contributed by atoms with Crippen molar-refractivity contribution in [2.24, 2.45) is 5.92 Å². The monoisotopic (exact) mass is 484 g/mol. The summed E-state index contributed by atoms with van der Waals surface area (Å²) < 4.78 is 11.5. The average molecular weight is 485 g/mol. The highest BCUT2D eigenvalue weighted by Crippen LogP contribution is 2.35. The average Bonchev–Trinajstić information content (AvgIpc) is 3.57. The summed E-state index contributed by atoms with van der Waals surface area (Å²) in [6, 6.07) is 9.51. The van der Waals surface area contributed by atoms with E-state index < -0.39 is 0 Å². The van der Waals surface area contributed by atoms with E-state index in [9.17, 15) is 9.59 Å². The van der Waals surface area contributed by atoms with Gasteiger partial charge in [0.25, 0.3) is 0 Å². The number of fused-ring (bicyclic) bond motifs is 1. The zero-order valence-corrected chi connectivity index (χ0v) is 21.3. The fourth-order valence-electron chi connectivity index (χ4n) is 5.06. The van der Waals surface area contributed by atoms with E-state index >= 15 is 0 Å². The van der Waals surface area contributed by atoms with Crippen LogP contribution in [0.25, 0.3) is 0 Å². The van der Waals surface area contributed by atoms with Gasteiger partial charge in [0.1, 0.15) is 24.7 Å². The van der Waals surface area contributed by atoms with E-state index in [2.05, 4.69) is 25.3 Å². The van der Waals surface area contributed by atoms with Crippen molar-refractivity contribution in [1.82, 2.24) is 9.80 Å². The van der Waals surface area contributed by atoms with E-state index in [-0.39, 0.29) is 36.4 Å². The van der Waals surface area contributed by atoms with Crippen molar-refractivity contribution in [2.75, 3.05) is 26.8 Å². The van der Waals surface area contributed by atoms with Crippen molar-refractivity contribution in [3.05, 3.63) is 46.2 Å². The fraction of sp³-hybridized carbons (Fsp3) is 0.556. The first-order chi connectivity index (χ1) is 16.5. The Bertz CT molecular complexity index is 985. The molecule has 0 radical (unpaired) electrons. The normalized spacial score (nSPS) is 18.9. The van der Waals surface area contributed by atoms with Crippen molar-refractivity contribution < 1.29 is 19.1 Å². The smallest absolute Gasteiger partial charge is 0.242 e. The van der Waals surface area contributed by atoms with Crippen molar-refractivity contribution in [2.45, 2.75) is 64.5 Å². The van der Waals surface area contributed by atoms with Gasteiger partial charge in [0, 0.05) is 29.4 Å². The molecule has 0 N–H and O–H groups in total. The van der Waals surface area contributed by atoms with Gasteiger partial charge in [0.15, 0.2) is 0 Å². The second-order valence-corrected chi connectivity index (χ2v) is 10.3. The van der Waals surface area contributed by atoms with Crippen LogP contribution in [0.4, 0.5) is 0 Å². The second-order valence-electron chi connectivity index (χ2n) is 9.35. The Labute approximate surface area is 206 Å². The third-order valence-corrected chi connectivity index (χ3v) is 8.28. The van der Waals surface area contributed by atoms with Crippen molar-refractivity contribution in [1.29, 1.82) is 0 Å². The van der Waals surface area contributed by atoms with Gasteiger partial charge < -0.3 is 19.3 Å². The van der Waals surface area contributed by atoms with E-state index in [1.54, 1.807) is 18.4 Å². The molecule has 0 unspecified atom stereocenters. The van der Waals surface area contributed by atoms with E-state index in [0.29, 0.717) is 18.9 Å². The highest BCUT2D eigenvalue weighted by Gasteiger charge is 2.36. The molecule has 0 spiro atoms. The van der Waals surface area contributed by atoms with Crippen LogP contribution in [0.2, 0.25) is 0 Å². The summed E-state index contributed by atoms with van der Waals surface area (Å²) >= 11 is 1.74. The number of methoxy groups -OCH3 is 1. The van der Waals surface area contributed by atoms with Gasteiger partial charge in [0.2, 0.25) is 11.8 Å². The Kier molecular flexibility index (Phi) is 8.14. The number of carbonyl (C=O) groups excluding carboxylic acids is 2. The van der Waals surface area contributed by atoms with Crippen LogP contribution in [0.3, 0.4) is 0 Å². The minimum absolute atomic E-state index is 0.00254. The number of hydrogen-bond acceptors (Lipinski definition) is 5. The van der Waals surface area contributed by atoms with Crippen LogP contribution in [-0.4, -0.2) is 54.5 Å². The maximum atomic E-state index is 13.7. The summed E-state index contributed by atoms with van der Waals surface area (Å²) in [6.07, 6.45) is 5.78. The predicted molar refractivity (Wildman–Crippen MR) is 134 cm³/mol. The van der Waals surface area contributed by atoms with Crippen molar-refractivity contribution >= 4 is 23.2 Å². The van der Waals surface area contributed by atoms with E-state index in [1.807, 2.05) is 34.1 Å². The molecule has 1 aliphatic carbocycles. The van der Waals surface area contributed by atoms with Gasteiger partial charge in [-0.25, -0.2) is 0 Å². The van der Waals surface area contributed by atoms with Gasteiger partial charge in [-0.05, 0) is 61.7 Å².